The van der Waals surface area contributed by atoms with Crippen molar-refractivity contribution in [1.29, 1.82) is 0 Å². The van der Waals surface area contributed by atoms with E-state index in [9.17, 15) is 4.79 Å². The van der Waals surface area contributed by atoms with Crippen molar-refractivity contribution < 1.29 is 4.79 Å². The molecular weight excluding hydrogens is 260 g/mol. The van der Waals surface area contributed by atoms with E-state index in [1.54, 1.807) is 0 Å². The molecule has 0 saturated carbocycles. The number of carbonyl (C=O) groups is 1. The summed E-state index contributed by atoms with van der Waals surface area (Å²) in [4.78, 5) is 14.3. The highest BCUT2D eigenvalue weighted by atomic mass is 16.2. The molecule has 3 nitrogen and oxygen atoms in total. The molecule has 0 spiro atoms. The Bertz CT molecular complexity index is 643. The normalized spacial score (nSPS) is 10.8. The van der Waals surface area contributed by atoms with Crippen LogP contribution in [0.2, 0.25) is 0 Å². The molecule has 0 bridgehead atoms. The van der Waals surface area contributed by atoms with Gasteiger partial charge in [0.15, 0.2) is 0 Å². The van der Waals surface area contributed by atoms with Crippen molar-refractivity contribution >= 4 is 22.4 Å². The second-order valence-electron chi connectivity index (χ2n) is 5.34. The van der Waals surface area contributed by atoms with E-state index in [1.807, 2.05) is 56.3 Å². The summed E-state index contributed by atoms with van der Waals surface area (Å²) >= 11 is 0. The number of anilines is 1. The smallest absolute Gasteiger partial charge is 0.238 e. The number of amides is 1. The van der Waals surface area contributed by atoms with Gasteiger partial charge in [0.25, 0.3) is 0 Å². The van der Waals surface area contributed by atoms with Crippen LogP contribution in [0.5, 0.6) is 0 Å². The highest BCUT2D eigenvalue weighted by Crippen LogP contribution is 2.22. The number of rotatable bonds is 6. The standard InChI is InChI=1S/C18H22N2O/c1-4-20(12-14(2)3)13-18(21)19-17-11-7-9-15-8-5-6-10-16(15)17/h5-11H,2,4,12-13H2,1,3H3,(H,19,21). The molecule has 0 fully saturated rings. The lowest BCUT2D eigenvalue weighted by Crippen LogP contribution is -2.34. The lowest BCUT2D eigenvalue weighted by Gasteiger charge is -2.20. The summed E-state index contributed by atoms with van der Waals surface area (Å²) in [5, 5.41) is 5.21. The molecule has 0 unspecified atom stereocenters. The minimum atomic E-state index is 0.00875. The van der Waals surface area contributed by atoms with Gasteiger partial charge in [-0.1, -0.05) is 55.5 Å². The van der Waals surface area contributed by atoms with Crippen molar-refractivity contribution in [2.75, 3.05) is 25.0 Å². The molecular formula is C18H22N2O. The number of benzene rings is 2. The molecule has 2 aromatic carbocycles. The first-order chi connectivity index (χ1) is 10.1. The van der Waals surface area contributed by atoms with Crippen LogP contribution in [-0.2, 0) is 4.79 Å². The fourth-order valence-electron chi connectivity index (χ4n) is 2.39. The Morgan fingerprint density at radius 2 is 1.86 bits per heavy atom. The molecule has 0 aliphatic rings. The Labute approximate surface area is 126 Å². The van der Waals surface area contributed by atoms with E-state index in [0.29, 0.717) is 6.54 Å². The monoisotopic (exact) mass is 282 g/mol. The lowest BCUT2D eigenvalue weighted by molar-refractivity contribution is -0.117. The fraction of sp³-hybridized carbons (Fsp3) is 0.278. The van der Waals surface area contributed by atoms with Gasteiger partial charge in [0.2, 0.25) is 5.91 Å². The first kappa shape index (κ1) is 15.3. The predicted octanol–water partition coefficient (Wildman–Crippen LogP) is 3.68. The van der Waals surface area contributed by atoms with Crippen LogP contribution in [0, 0.1) is 0 Å². The molecule has 3 heteroatoms. The Morgan fingerprint density at radius 3 is 2.57 bits per heavy atom. The first-order valence-corrected chi connectivity index (χ1v) is 7.24. The number of likely N-dealkylation sites (N-methyl/N-ethyl adjacent to an activating group) is 1. The molecule has 0 heterocycles. The summed E-state index contributed by atoms with van der Waals surface area (Å²) in [5.41, 5.74) is 1.93. The molecule has 2 rings (SSSR count). The maximum atomic E-state index is 12.2. The van der Waals surface area contributed by atoms with Crippen molar-refractivity contribution in [2.45, 2.75) is 13.8 Å². The van der Waals surface area contributed by atoms with Gasteiger partial charge in [0, 0.05) is 17.6 Å². The van der Waals surface area contributed by atoms with Crippen molar-refractivity contribution in [3.8, 4) is 0 Å². The largest absolute Gasteiger partial charge is 0.324 e. The van der Waals surface area contributed by atoms with Gasteiger partial charge in [-0.2, -0.15) is 0 Å². The SMILES string of the molecule is C=C(C)CN(CC)CC(=O)Nc1cccc2ccccc12. The van der Waals surface area contributed by atoms with E-state index in [1.165, 1.54) is 0 Å². The summed E-state index contributed by atoms with van der Waals surface area (Å²) in [6, 6.07) is 14.0. The fourth-order valence-corrected chi connectivity index (χ4v) is 2.39. The van der Waals surface area contributed by atoms with E-state index in [4.69, 9.17) is 0 Å². The first-order valence-electron chi connectivity index (χ1n) is 7.24. The van der Waals surface area contributed by atoms with E-state index in [-0.39, 0.29) is 5.91 Å². The van der Waals surface area contributed by atoms with Crippen LogP contribution < -0.4 is 5.32 Å². The number of carbonyl (C=O) groups excluding carboxylic acids is 1. The van der Waals surface area contributed by atoms with Crippen LogP contribution in [0.4, 0.5) is 5.69 Å². The van der Waals surface area contributed by atoms with Crippen molar-refractivity contribution in [3.63, 3.8) is 0 Å². The zero-order valence-electron chi connectivity index (χ0n) is 12.7. The van der Waals surface area contributed by atoms with E-state index in [0.717, 1.165) is 35.1 Å². The van der Waals surface area contributed by atoms with Crippen LogP contribution >= 0.6 is 0 Å². The van der Waals surface area contributed by atoms with E-state index < -0.39 is 0 Å². The van der Waals surface area contributed by atoms with Crippen molar-refractivity contribution in [1.82, 2.24) is 4.90 Å². The van der Waals surface area contributed by atoms with Crippen LogP contribution in [-0.4, -0.2) is 30.4 Å². The van der Waals surface area contributed by atoms with Gasteiger partial charge in [0.05, 0.1) is 6.54 Å². The van der Waals surface area contributed by atoms with Crippen molar-refractivity contribution in [3.05, 3.63) is 54.6 Å². The summed E-state index contributed by atoms with van der Waals surface area (Å²) in [6.45, 7) is 9.89. The van der Waals surface area contributed by atoms with Gasteiger partial charge in [-0.15, -0.1) is 0 Å². The summed E-state index contributed by atoms with van der Waals surface area (Å²) in [7, 11) is 0. The van der Waals surface area contributed by atoms with Gasteiger partial charge in [-0.05, 0) is 24.9 Å². The molecule has 0 aliphatic heterocycles. The zero-order valence-corrected chi connectivity index (χ0v) is 12.7. The molecule has 21 heavy (non-hydrogen) atoms. The van der Waals surface area contributed by atoms with E-state index >= 15 is 0 Å². The molecule has 0 aromatic heterocycles. The van der Waals surface area contributed by atoms with Crippen LogP contribution in [0.3, 0.4) is 0 Å². The van der Waals surface area contributed by atoms with E-state index in [2.05, 4.69) is 16.8 Å². The minimum absolute atomic E-state index is 0.00875. The Kier molecular flexibility index (Phi) is 5.12. The Morgan fingerprint density at radius 1 is 1.14 bits per heavy atom. The molecule has 0 aliphatic carbocycles. The topological polar surface area (TPSA) is 32.3 Å². The molecule has 1 N–H and O–H groups in total. The molecule has 2 aromatic rings. The molecule has 0 atom stereocenters. The number of nitrogens with zero attached hydrogens (tertiary/aromatic N) is 1. The summed E-state index contributed by atoms with van der Waals surface area (Å²) < 4.78 is 0. The second kappa shape index (κ2) is 7.04. The van der Waals surface area contributed by atoms with Gasteiger partial charge in [-0.25, -0.2) is 0 Å². The number of hydrogen-bond donors (Lipinski definition) is 1. The third-order valence-electron chi connectivity index (χ3n) is 3.37. The highest BCUT2D eigenvalue weighted by Gasteiger charge is 2.10. The summed E-state index contributed by atoms with van der Waals surface area (Å²) in [5.74, 6) is 0.00875. The third-order valence-corrected chi connectivity index (χ3v) is 3.37. The quantitative estimate of drug-likeness (QED) is 0.820. The maximum Gasteiger partial charge on any atom is 0.238 e. The molecule has 0 radical (unpaired) electrons. The van der Waals surface area contributed by atoms with Crippen LogP contribution in [0.15, 0.2) is 54.6 Å². The average molecular weight is 282 g/mol. The van der Waals surface area contributed by atoms with Gasteiger partial charge in [-0.3, -0.25) is 9.69 Å². The average Bonchev–Trinajstić information content (AvgIpc) is 2.46. The maximum absolute atomic E-state index is 12.2. The van der Waals surface area contributed by atoms with Gasteiger partial charge >= 0.3 is 0 Å². The van der Waals surface area contributed by atoms with Gasteiger partial charge in [0.1, 0.15) is 0 Å². The second-order valence-corrected chi connectivity index (χ2v) is 5.34. The molecule has 110 valence electrons. The third kappa shape index (κ3) is 4.17. The number of nitrogens with one attached hydrogen (secondary N) is 1. The highest BCUT2D eigenvalue weighted by molar-refractivity contribution is 6.02. The molecule has 1 amide bonds. The Balaban J connectivity index is 2.09. The number of fused-ring (bicyclic) bond motifs is 1. The van der Waals surface area contributed by atoms with Crippen LogP contribution in [0.1, 0.15) is 13.8 Å². The molecule has 0 saturated heterocycles. The van der Waals surface area contributed by atoms with Crippen molar-refractivity contribution in [2.24, 2.45) is 0 Å². The minimum Gasteiger partial charge on any atom is -0.324 e. The summed E-state index contributed by atoms with van der Waals surface area (Å²) in [6.07, 6.45) is 0. The van der Waals surface area contributed by atoms with Crippen LogP contribution in [0.25, 0.3) is 10.8 Å². The van der Waals surface area contributed by atoms with Gasteiger partial charge < -0.3 is 5.32 Å². The number of hydrogen-bond acceptors (Lipinski definition) is 2. The Hall–Kier alpha value is -2.13. The zero-order chi connectivity index (χ0) is 15.2. The predicted molar refractivity (Wildman–Crippen MR) is 89.5 cm³/mol. The lowest BCUT2D eigenvalue weighted by atomic mass is 10.1.